The lowest BCUT2D eigenvalue weighted by molar-refractivity contribution is 0.394. The Kier molecular flexibility index (Phi) is 4.95. The fourth-order valence-corrected chi connectivity index (χ4v) is 2.16. The molecule has 0 saturated heterocycles. The third kappa shape index (κ3) is 3.68. The number of ether oxygens (including phenoxy) is 1. The molecule has 0 radical (unpaired) electrons. The SMILES string of the molecule is COc1nc(NCCC2=CCNCC2)ncc1Br. The van der Waals surface area contributed by atoms with Crippen LogP contribution in [-0.4, -0.2) is 36.7 Å². The molecule has 6 heteroatoms. The van der Waals surface area contributed by atoms with Gasteiger partial charge in [0.2, 0.25) is 11.8 Å². The Hall–Kier alpha value is -1.14. The van der Waals surface area contributed by atoms with Gasteiger partial charge in [-0.2, -0.15) is 4.98 Å². The van der Waals surface area contributed by atoms with Crippen molar-refractivity contribution >= 4 is 21.9 Å². The topological polar surface area (TPSA) is 59.1 Å². The van der Waals surface area contributed by atoms with Crippen LogP contribution in [0.5, 0.6) is 5.88 Å². The molecule has 1 aromatic heterocycles. The zero-order valence-electron chi connectivity index (χ0n) is 10.4. The molecule has 98 valence electrons. The van der Waals surface area contributed by atoms with Crippen LogP contribution in [0, 0.1) is 0 Å². The molecule has 1 aliphatic heterocycles. The van der Waals surface area contributed by atoms with Crippen molar-refractivity contribution in [1.82, 2.24) is 15.3 Å². The molecule has 2 heterocycles. The Morgan fingerprint density at radius 1 is 1.56 bits per heavy atom. The monoisotopic (exact) mass is 312 g/mol. The van der Waals surface area contributed by atoms with E-state index in [1.165, 1.54) is 5.57 Å². The van der Waals surface area contributed by atoms with Gasteiger partial charge in [-0.15, -0.1) is 0 Å². The van der Waals surface area contributed by atoms with Crippen LogP contribution in [0.2, 0.25) is 0 Å². The third-order valence-electron chi connectivity index (χ3n) is 2.79. The van der Waals surface area contributed by atoms with E-state index in [-0.39, 0.29) is 0 Å². The lowest BCUT2D eigenvalue weighted by Crippen LogP contribution is -2.21. The molecule has 0 saturated carbocycles. The Morgan fingerprint density at radius 3 is 3.17 bits per heavy atom. The third-order valence-corrected chi connectivity index (χ3v) is 3.34. The molecule has 0 spiro atoms. The van der Waals surface area contributed by atoms with Crippen LogP contribution in [0.3, 0.4) is 0 Å². The first-order valence-electron chi connectivity index (χ1n) is 5.98. The second-order valence-corrected chi connectivity index (χ2v) is 4.90. The van der Waals surface area contributed by atoms with Crippen LogP contribution >= 0.6 is 15.9 Å². The highest BCUT2D eigenvalue weighted by Gasteiger charge is 2.06. The first kappa shape index (κ1) is 13.3. The minimum atomic E-state index is 0.550. The van der Waals surface area contributed by atoms with E-state index in [2.05, 4.69) is 42.6 Å². The van der Waals surface area contributed by atoms with E-state index in [9.17, 15) is 0 Å². The number of anilines is 1. The minimum Gasteiger partial charge on any atom is -0.480 e. The van der Waals surface area contributed by atoms with Gasteiger partial charge in [0.05, 0.1) is 17.8 Å². The Labute approximate surface area is 115 Å². The summed E-state index contributed by atoms with van der Waals surface area (Å²) < 4.78 is 5.89. The summed E-state index contributed by atoms with van der Waals surface area (Å²) in [5.74, 6) is 1.15. The van der Waals surface area contributed by atoms with Crippen molar-refractivity contribution in [3.05, 3.63) is 22.3 Å². The molecule has 2 rings (SSSR count). The summed E-state index contributed by atoms with van der Waals surface area (Å²) >= 11 is 3.33. The number of nitrogens with zero attached hydrogens (tertiary/aromatic N) is 2. The number of nitrogens with one attached hydrogen (secondary N) is 2. The van der Waals surface area contributed by atoms with Crippen molar-refractivity contribution in [1.29, 1.82) is 0 Å². The molecule has 1 aliphatic rings. The molecule has 5 nitrogen and oxygen atoms in total. The van der Waals surface area contributed by atoms with Gasteiger partial charge in [0.15, 0.2) is 0 Å². The molecular formula is C12H17BrN4O. The maximum atomic E-state index is 5.12. The number of hydrogen-bond donors (Lipinski definition) is 2. The summed E-state index contributed by atoms with van der Waals surface area (Å²) in [5, 5.41) is 6.51. The van der Waals surface area contributed by atoms with Crippen molar-refractivity contribution < 1.29 is 4.74 Å². The average Bonchev–Trinajstić information content (AvgIpc) is 2.42. The molecule has 0 atom stereocenters. The van der Waals surface area contributed by atoms with Gasteiger partial charge in [-0.3, -0.25) is 0 Å². The molecule has 0 bridgehead atoms. The van der Waals surface area contributed by atoms with Gasteiger partial charge in [0.25, 0.3) is 0 Å². The molecular weight excluding hydrogens is 296 g/mol. The van der Waals surface area contributed by atoms with E-state index in [0.29, 0.717) is 11.8 Å². The predicted molar refractivity (Wildman–Crippen MR) is 75.0 cm³/mol. The molecule has 0 fully saturated rings. The van der Waals surface area contributed by atoms with Crippen molar-refractivity contribution in [2.24, 2.45) is 0 Å². The number of halogens is 1. The van der Waals surface area contributed by atoms with Gasteiger partial charge in [0, 0.05) is 13.1 Å². The minimum absolute atomic E-state index is 0.550. The molecule has 2 N–H and O–H groups in total. The number of hydrogen-bond acceptors (Lipinski definition) is 5. The molecule has 1 aromatic rings. The summed E-state index contributed by atoms with van der Waals surface area (Å²) in [7, 11) is 1.59. The summed E-state index contributed by atoms with van der Waals surface area (Å²) in [5.41, 5.74) is 1.49. The van der Waals surface area contributed by atoms with Gasteiger partial charge in [0.1, 0.15) is 0 Å². The summed E-state index contributed by atoms with van der Waals surface area (Å²) in [4.78, 5) is 8.44. The summed E-state index contributed by atoms with van der Waals surface area (Å²) in [6, 6.07) is 0. The van der Waals surface area contributed by atoms with Crippen molar-refractivity contribution in [3.8, 4) is 5.88 Å². The molecule has 0 unspecified atom stereocenters. The van der Waals surface area contributed by atoms with Crippen LogP contribution < -0.4 is 15.4 Å². The Balaban J connectivity index is 1.84. The molecule has 0 aliphatic carbocycles. The quantitative estimate of drug-likeness (QED) is 0.814. The van der Waals surface area contributed by atoms with Crippen LogP contribution in [0.15, 0.2) is 22.3 Å². The molecule has 0 aromatic carbocycles. The predicted octanol–water partition coefficient (Wildman–Crippen LogP) is 1.97. The highest BCUT2D eigenvalue weighted by molar-refractivity contribution is 9.10. The second-order valence-electron chi connectivity index (χ2n) is 4.04. The van der Waals surface area contributed by atoms with Crippen LogP contribution in [0.25, 0.3) is 0 Å². The number of rotatable bonds is 5. The van der Waals surface area contributed by atoms with Crippen LogP contribution in [0.1, 0.15) is 12.8 Å². The highest BCUT2D eigenvalue weighted by Crippen LogP contribution is 2.21. The lowest BCUT2D eigenvalue weighted by Gasteiger charge is -2.14. The fourth-order valence-electron chi connectivity index (χ4n) is 1.81. The normalized spacial score (nSPS) is 15.1. The first-order valence-corrected chi connectivity index (χ1v) is 6.78. The van der Waals surface area contributed by atoms with Crippen molar-refractivity contribution in [2.75, 3.05) is 32.1 Å². The van der Waals surface area contributed by atoms with Crippen molar-refractivity contribution in [3.63, 3.8) is 0 Å². The highest BCUT2D eigenvalue weighted by atomic mass is 79.9. The van der Waals surface area contributed by atoms with Crippen LogP contribution in [0.4, 0.5) is 5.95 Å². The van der Waals surface area contributed by atoms with E-state index >= 15 is 0 Å². The van der Waals surface area contributed by atoms with Crippen molar-refractivity contribution in [2.45, 2.75) is 12.8 Å². The second kappa shape index (κ2) is 6.70. The fraction of sp³-hybridized carbons (Fsp3) is 0.500. The lowest BCUT2D eigenvalue weighted by atomic mass is 10.1. The summed E-state index contributed by atoms with van der Waals surface area (Å²) in [6.07, 6.45) is 6.11. The van der Waals surface area contributed by atoms with E-state index in [1.54, 1.807) is 13.3 Å². The maximum absolute atomic E-state index is 5.12. The Bertz CT molecular complexity index is 436. The Morgan fingerprint density at radius 2 is 2.44 bits per heavy atom. The molecule has 18 heavy (non-hydrogen) atoms. The van der Waals surface area contributed by atoms with E-state index < -0.39 is 0 Å². The largest absolute Gasteiger partial charge is 0.480 e. The van der Waals surface area contributed by atoms with Gasteiger partial charge in [-0.1, -0.05) is 11.6 Å². The van der Waals surface area contributed by atoms with Gasteiger partial charge in [-0.25, -0.2) is 4.98 Å². The number of methoxy groups -OCH3 is 1. The van der Waals surface area contributed by atoms with Gasteiger partial charge >= 0.3 is 0 Å². The smallest absolute Gasteiger partial charge is 0.232 e. The maximum Gasteiger partial charge on any atom is 0.232 e. The average molecular weight is 313 g/mol. The first-order chi connectivity index (χ1) is 8.79. The van der Waals surface area contributed by atoms with E-state index in [1.807, 2.05) is 0 Å². The standard InChI is InChI=1S/C12H17BrN4O/c1-18-11-10(13)8-16-12(17-11)15-7-4-9-2-5-14-6-3-9/h2,8,14H,3-7H2,1H3,(H,15,16,17). The van der Waals surface area contributed by atoms with E-state index in [4.69, 9.17) is 4.74 Å². The molecule has 0 amide bonds. The van der Waals surface area contributed by atoms with E-state index in [0.717, 1.165) is 36.9 Å². The zero-order valence-corrected chi connectivity index (χ0v) is 12.0. The van der Waals surface area contributed by atoms with Crippen LogP contribution in [-0.2, 0) is 0 Å². The zero-order chi connectivity index (χ0) is 12.8. The number of aromatic nitrogens is 2. The summed E-state index contributed by atoms with van der Waals surface area (Å²) in [6.45, 7) is 2.91. The van der Waals surface area contributed by atoms with Gasteiger partial charge in [-0.05, 0) is 35.3 Å². The van der Waals surface area contributed by atoms with Gasteiger partial charge < -0.3 is 15.4 Å².